The van der Waals surface area contributed by atoms with E-state index >= 15 is 4.79 Å². The number of anilines is 1. The highest BCUT2D eigenvalue weighted by atomic mass is 16.6. The summed E-state index contributed by atoms with van der Waals surface area (Å²) in [6.45, 7) is 13.8. The lowest BCUT2D eigenvalue weighted by molar-refractivity contribution is -0.228. The average molecular weight is 878 g/mol. The Morgan fingerprint density at radius 2 is 1.86 bits per heavy atom. The van der Waals surface area contributed by atoms with Gasteiger partial charge in [-0.05, 0) is 80.2 Å². The minimum absolute atomic E-state index is 0.0259. The fraction of sp³-hybridized carbons (Fsp3) is 0.588. The number of methoxy groups -OCH3 is 2. The maximum atomic E-state index is 15.4. The van der Waals surface area contributed by atoms with Gasteiger partial charge in [0.2, 0.25) is 0 Å². The highest BCUT2D eigenvalue weighted by Gasteiger charge is 2.78. The number of carbonyl (C=O) groups is 3. The van der Waals surface area contributed by atoms with Gasteiger partial charge in [-0.2, -0.15) is 0 Å². The molecule has 1 saturated carbocycles. The molecule has 9 atom stereocenters. The van der Waals surface area contributed by atoms with E-state index in [4.69, 9.17) is 18.9 Å². The number of amides is 1. The number of fused-ring (bicyclic) bond motifs is 6. The van der Waals surface area contributed by atoms with Crippen LogP contribution in [0.1, 0.15) is 89.1 Å². The summed E-state index contributed by atoms with van der Waals surface area (Å²) < 4.78 is 24.9. The number of esters is 2. The third-order valence-corrected chi connectivity index (χ3v) is 16.1. The van der Waals surface area contributed by atoms with E-state index in [2.05, 4.69) is 95.2 Å². The van der Waals surface area contributed by atoms with Crippen molar-refractivity contribution in [2.45, 2.75) is 108 Å². The molecule has 3 aromatic rings. The van der Waals surface area contributed by atoms with Crippen LogP contribution in [0.5, 0.6) is 5.75 Å². The molecule has 1 aromatic heterocycles. The molecule has 2 bridgehead atoms. The molecule has 9 rings (SSSR count). The highest BCUT2D eigenvalue weighted by molar-refractivity contribution is 5.94. The lowest BCUT2D eigenvalue weighted by Gasteiger charge is -2.64. The van der Waals surface area contributed by atoms with E-state index in [-0.39, 0.29) is 17.9 Å². The zero-order chi connectivity index (χ0) is 45.3. The number of nitrogens with one attached hydrogen (secondary N) is 2. The van der Waals surface area contributed by atoms with E-state index in [0.29, 0.717) is 49.6 Å². The molecular formula is C51H67N5O8. The van der Waals surface area contributed by atoms with Crippen molar-refractivity contribution in [3.8, 4) is 5.75 Å². The van der Waals surface area contributed by atoms with Crippen LogP contribution in [0.2, 0.25) is 0 Å². The van der Waals surface area contributed by atoms with Gasteiger partial charge in [0.15, 0.2) is 5.60 Å². The van der Waals surface area contributed by atoms with Gasteiger partial charge in [0.1, 0.15) is 23.9 Å². The fourth-order valence-corrected chi connectivity index (χ4v) is 13.7. The number of nitrogens with zero attached hydrogens (tertiary/aromatic N) is 3. The summed E-state index contributed by atoms with van der Waals surface area (Å²) in [5, 5.41) is 17.7. The highest BCUT2D eigenvalue weighted by Crippen LogP contribution is 2.68. The van der Waals surface area contributed by atoms with Crippen LogP contribution >= 0.6 is 0 Å². The lowest BCUT2D eigenvalue weighted by atomic mass is 9.47. The number of aromatic nitrogens is 1. The van der Waals surface area contributed by atoms with E-state index in [1.54, 1.807) is 7.11 Å². The van der Waals surface area contributed by atoms with Gasteiger partial charge in [-0.15, -0.1) is 0 Å². The summed E-state index contributed by atoms with van der Waals surface area (Å²) in [5.41, 5.74) is 1.88. The van der Waals surface area contributed by atoms with Gasteiger partial charge in [-0.25, -0.2) is 4.79 Å². The maximum absolute atomic E-state index is 15.4. The summed E-state index contributed by atoms with van der Waals surface area (Å²) in [7, 11) is 5.10. The molecule has 2 aromatic carbocycles. The molecule has 3 unspecified atom stereocenters. The lowest BCUT2D eigenvalue weighted by Crippen LogP contribution is -2.80. The minimum Gasteiger partial charge on any atom is -0.496 e. The number of rotatable bonds is 11. The van der Waals surface area contributed by atoms with Crippen molar-refractivity contribution in [1.82, 2.24) is 20.1 Å². The smallest absolute Gasteiger partial charge is 0.407 e. The molecule has 3 N–H and O–H groups in total. The van der Waals surface area contributed by atoms with Gasteiger partial charge in [0.05, 0.1) is 20.3 Å². The van der Waals surface area contributed by atoms with Crippen molar-refractivity contribution in [2.75, 3.05) is 72.0 Å². The Morgan fingerprint density at radius 1 is 1.06 bits per heavy atom. The second-order valence-corrected chi connectivity index (χ2v) is 19.9. The number of ether oxygens (including phenoxy) is 4. The van der Waals surface area contributed by atoms with Gasteiger partial charge in [0.25, 0.3) is 0 Å². The first-order valence-electron chi connectivity index (χ1n) is 23.5. The number of hydrogen-bond acceptors (Lipinski definition) is 11. The summed E-state index contributed by atoms with van der Waals surface area (Å²) >= 11 is 0. The molecule has 1 spiro atoms. The second kappa shape index (κ2) is 16.5. The number of benzene rings is 2. The zero-order valence-corrected chi connectivity index (χ0v) is 38.9. The SMILES string of the molecule is CCC1=C[C@@H]2CN(CCc3c([nH]c4ccccc34)[C@@](C(=O)OC)(c3cc4c(cc3OC)N(C)[C@H]3C(O)(COC(=O)NCCC(C)C)[C@H](OC(C)=O)[C@]5(CC)C=CCN6CC[C@]43C65)C2)C1. The predicted molar refractivity (Wildman–Crippen MR) is 246 cm³/mol. The molecule has 6 heterocycles. The van der Waals surface area contributed by atoms with Crippen molar-refractivity contribution in [1.29, 1.82) is 0 Å². The van der Waals surface area contributed by atoms with Gasteiger partial charge in [-0.1, -0.05) is 69.7 Å². The Balaban J connectivity index is 1.30. The number of aromatic amines is 1. The molecule has 64 heavy (non-hydrogen) atoms. The van der Waals surface area contributed by atoms with Crippen LogP contribution in [0.3, 0.4) is 0 Å². The minimum atomic E-state index is -1.89. The predicted octanol–water partition coefficient (Wildman–Crippen LogP) is 6.40. The Bertz CT molecular complexity index is 2390. The molecule has 5 aliphatic heterocycles. The maximum Gasteiger partial charge on any atom is 0.407 e. The summed E-state index contributed by atoms with van der Waals surface area (Å²) in [4.78, 5) is 53.0. The fourth-order valence-electron chi connectivity index (χ4n) is 13.7. The molecule has 13 nitrogen and oxygen atoms in total. The standard InChI is InChI=1S/C51H67N5O8/c1-9-33-24-34-27-50(46(58)62-8,42-36(17-22-55(28-33)29-34)35-14-11-12-15-39(35)53-42)38-25-37-40(26-41(38)61-7)54(6)44-49(37)19-23-56-21-13-18-48(10-2,43(49)56)45(64-32(5)57)51(44,60)30-63-47(59)52-20-16-31(3)4/h11-15,18,24-26,31,34,43-45,53,60H,9-10,16-17,19-23,27-30H2,1-8H3,(H,52,59)/t34-,43?,44+,45+,48+,49+,50-,51?/m0/s1. The van der Waals surface area contributed by atoms with E-state index in [9.17, 15) is 14.7 Å². The molecule has 2 fully saturated rings. The number of alkyl carbamates (subject to hydrolysis) is 1. The van der Waals surface area contributed by atoms with Crippen molar-refractivity contribution < 1.29 is 38.4 Å². The van der Waals surface area contributed by atoms with Gasteiger partial charge < -0.3 is 39.3 Å². The normalized spacial score (nSPS) is 32.6. The molecule has 13 heteroatoms. The number of likely N-dealkylation sites (N-methyl/N-ethyl adjacent to an activating group) is 1. The van der Waals surface area contributed by atoms with Gasteiger partial charge in [0, 0.05) is 97.5 Å². The van der Waals surface area contributed by atoms with Crippen molar-refractivity contribution in [3.63, 3.8) is 0 Å². The van der Waals surface area contributed by atoms with E-state index in [1.165, 1.54) is 19.6 Å². The Kier molecular flexibility index (Phi) is 11.5. The number of para-hydroxylation sites is 1. The number of carbonyl (C=O) groups excluding carboxylic acids is 3. The zero-order valence-electron chi connectivity index (χ0n) is 38.9. The van der Waals surface area contributed by atoms with Crippen LogP contribution in [0.4, 0.5) is 10.5 Å². The largest absolute Gasteiger partial charge is 0.496 e. The third kappa shape index (κ3) is 6.53. The molecule has 344 valence electrons. The molecule has 1 aliphatic carbocycles. The van der Waals surface area contributed by atoms with Gasteiger partial charge >= 0.3 is 18.0 Å². The number of H-pyrrole nitrogens is 1. The van der Waals surface area contributed by atoms with E-state index in [1.807, 2.05) is 19.2 Å². The first-order chi connectivity index (χ1) is 30.7. The molecule has 6 aliphatic rings. The molecule has 1 saturated heterocycles. The van der Waals surface area contributed by atoms with Crippen LogP contribution in [-0.4, -0.2) is 129 Å². The second-order valence-electron chi connectivity index (χ2n) is 19.9. The van der Waals surface area contributed by atoms with Crippen LogP contribution < -0.4 is 15.0 Å². The average Bonchev–Trinajstić information content (AvgIpc) is 3.95. The van der Waals surface area contributed by atoms with Crippen molar-refractivity contribution in [3.05, 3.63) is 82.6 Å². The Morgan fingerprint density at radius 3 is 2.58 bits per heavy atom. The van der Waals surface area contributed by atoms with E-state index < -0.39 is 52.7 Å². The first-order valence-corrected chi connectivity index (χ1v) is 23.5. The van der Waals surface area contributed by atoms with Crippen molar-refractivity contribution >= 4 is 34.6 Å². The molecule has 1 amide bonds. The number of hydrogen-bond donors (Lipinski definition) is 3. The first kappa shape index (κ1) is 44.4. The van der Waals surface area contributed by atoms with Crippen LogP contribution in [-0.2, 0) is 41.1 Å². The van der Waals surface area contributed by atoms with Crippen molar-refractivity contribution in [2.24, 2.45) is 17.3 Å². The summed E-state index contributed by atoms with van der Waals surface area (Å²) in [6.07, 6.45) is 9.04. The quantitative estimate of drug-likeness (QED) is 0.112. The summed E-state index contributed by atoms with van der Waals surface area (Å²) in [5.74, 6) is 0.0460. The van der Waals surface area contributed by atoms with Gasteiger partial charge in [-0.3, -0.25) is 19.4 Å². The monoisotopic (exact) mass is 877 g/mol. The third-order valence-electron chi connectivity index (χ3n) is 16.1. The van der Waals surface area contributed by atoms with E-state index in [0.717, 1.165) is 78.9 Å². The topological polar surface area (TPSA) is 146 Å². The van der Waals surface area contributed by atoms with Crippen LogP contribution in [0.25, 0.3) is 10.9 Å². The molecular weight excluding hydrogens is 811 g/mol. The Hall–Kier alpha value is -4.85. The van der Waals surface area contributed by atoms with Crippen LogP contribution in [0.15, 0.2) is 60.2 Å². The van der Waals surface area contributed by atoms with Crippen LogP contribution in [0, 0.1) is 17.3 Å². The summed E-state index contributed by atoms with van der Waals surface area (Å²) in [6, 6.07) is 11.6. The number of aliphatic hydroxyl groups is 1. The molecule has 0 radical (unpaired) electrons. The Labute approximate surface area is 377 Å².